The zero-order valence-electron chi connectivity index (χ0n) is 11.2. The molecule has 2 heterocycles. The fraction of sp³-hybridized carbons (Fsp3) is 1.00. The molecule has 0 aliphatic carbocycles. The number of rotatable bonds is 4. The summed E-state index contributed by atoms with van der Waals surface area (Å²) in [6.45, 7) is 8.48. The van der Waals surface area contributed by atoms with Crippen molar-refractivity contribution in [3.63, 3.8) is 0 Å². The van der Waals surface area contributed by atoms with E-state index in [2.05, 4.69) is 9.80 Å². The molecule has 100 valence electrons. The number of hydrogen-bond acceptors (Lipinski definition) is 3. The second-order valence-electron chi connectivity index (χ2n) is 5.81. The number of nitrogens with two attached hydrogens (primary N) is 1. The van der Waals surface area contributed by atoms with Crippen LogP contribution in [0.4, 0.5) is 0 Å². The highest BCUT2D eigenvalue weighted by Crippen LogP contribution is 2.19. The highest BCUT2D eigenvalue weighted by molar-refractivity contribution is 4.77. The summed E-state index contributed by atoms with van der Waals surface area (Å²) < 4.78 is 0. The van der Waals surface area contributed by atoms with E-state index in [9.17, 15) is 0 Å². The monoisotopic (exact) mass is 239 g/mol. The van der Waals surface area contributed by atoms with Crippen molar-refractivity contribution in [1.82, 2.24) is 9.80 Å². The van der Waals surface area contributed by atoms with Crippen molar-refractivity contribution in [3.8, 4) is 0 Å². The summed E-state index contributed by atoms with van der Waals surface area (Å²) in [6.07, 6.45) is 8.52. The fourth-order valence-corrected chi connectivity index (χ4v) is 3.37. The minimum absolute atomic E-state index is 0.816. The van der Waals surface area contributed by atoms with E-state index < -0.39 is 0 Å². The molecule has 1 atom stereocenters. The van der Waals surface area contributed by atoms with Crippen molar-refractivity contribution in [2.24, 2.45) is 11.7 Å². The highest BCUT2D eigenvalue weighted by atomic mass is 15.2. The predicted molar refractivity (Wildman–Crippen MR) is 73.1 cm³/mol. The first kappa shape index (κ1) is 13.3. The average Bonchev–Trinajstić information content (AvgIpc) is 2.59. The van der Waals surface area contributed by atoms with Crippen molar-refractivity contribution in [2.45, 2.75) is 38.5 Å². The summed E-state index contributed by atoms with van der Waals surface area (Å²) in [4.78, 5) is 5.27. The number of hydrogen-bond donors (Lipinski definition) is 1. The second kappa shape index (κ2) is 7.34. The van der Waals surface area contributed by atoms with E-state index >= 15 is 0 Å². The molecule has 2 aliphatic rings. The van der Waals surface area contributed by atoms with E-state index in [4.69, 9.17) is 5.73 Å². The lowest BCUT2D eigenvalue weighted by Crippen LogP contribution is -2.42. The molecule has 0 saturated carbocycles. The Balaban J connectivity index is 1.73. The van der Waals surface area contributed by atoms with Gasteiger partial charge in [0.05, 0.1) is 0 Å². The van der Waals surface area contributed by atoms with Gasteiger partial charge in [-0.3, -0.25) is 0 Å². The molecule has 0 radical (unpaired) electrons. The van der Waals surface area contributed by atoms with Crippen LogP contribution in [0, 0.1) is 5.92 Å². The van der Waals surface area contributed by atoms with Gasteiger partial charge in [0, 0.05) is 26.2 Å². The third kappa shape index (κ3) is 4.57. The van der Waals surface area contributed by atoms with Crippen LogP contribution in [0.2, 0.25) is 0 Å². The fourth-order valence-electron chi connectivity index (χ4n) is 3.37. The number of likely N-dealkylation sites (tertiary alicyclic amines) is 2. The minimum Gasteiger partial charge on any atom is -0.329 e. The molecule has 3 nitrogen and oxygen atoms in total. The Bertz CT molecular complexity index is 198. The maximum absolute atomic E-state index is 5.66. The summed E-state index contributed by atoms with van der Waals surface area (Å²) in [5.74, 6) is 0.897. The van der Waals surface area contributed by atoms with E-state index in [1.807, 2.05) is 0 Å². The van der Waals surface area contributed by atoms with Crippen LogP contribution in [0.15, 0.2) is 0 Å². The van der Waals surface area contributed by atoms with Gasteiger partial charge in [0.1, 0.15) is 0 Å². The van der Waals surface area contributed by atoms with Gasteiger partial charge in [-0.25, -0.2) is 0 Å². The predicted octanol–water partition coefficient (Wildman–Crippen LogP) is 1.53. The Kier molecular flexibility index (Phi) is 5.75. The molecule has 17 heavy (non-hydrogen) atoms. The summed E-state index contributed by atoms with van der Waals surface area (Å²) in [5.41, 5.74) is 5.66. The van der Waals surface area contributed by atoms with Gasteiger partial charge >= 0.3 is 0 Å². The summed E-state index contributed by atoms with van der Waals surface area (Å²) in [5, 5.41) is 0. The Morgan fingerprint density at radius 2 is 1.59 bits per heavy atom. The largest absolute Gasteiger partial charge is 0.329 e. The van der Waals surface area contributed by atoms with Crippen LogP contribution < -0.4 is 5.73 Å². The SMILES string of the molecule is NCCN1CCCC(CN2CCCCCC2)C1. The molecule has 0 aromatic rings. The van der Waals surface area contributed by atoms with Gasteiger partial charge in [-0.05, 0) is 51.2 Å². The lowest BCUT2D eigenvalue weighted by molar-refractivity contribution is 0.137. The van der Waals surface area contributed by atoms with E-state index in [-0.39, 0.29) is 0 Å². The first-order valence-corrected chi connectivity index (χ1v) is 7.53. The van der Waals surface area contributed by atoms with Gasteiger partial charge in [-0.2, -0.15) is 0 Å². The van der Waals surface area contributed by atoms with Crippen LogP contribution in [0.1, 0.15) is 38.5 Å². The lowest BCUT2D eigenvalue weighted by atomic mass is 9.97. The molecule has 0 spiro atoms. The molecule has 2 N–H and O–H groups in total. The van der Waals surface area contributed by atoms with Crippen molar-refractivity contribution in [2.75, 3.05) is 45.8 Å². The maximum Gasteiger partial charge on any atom is 0.0105 e. The summed E-state index contributed by atoms with van der Waals surface area (Å²) >= 11 is 0. The molecule has 0 aromatic carbocycles. The third-order valence-corrected chi connectivity index (χ3v) is 4.26. The molecule has 2 aliphatic heterocycles. The molecule has 2 rings (SSSR count). The van der Waals surface area contributed by atoms with Gasteiger partial charge in [0.2, 0.25) is 0 Å². The first-order valence-electron chi connectivity index (χ1n) is 7.53. The van der Waals surface area contributed by atoms with Gasteiger partial charge in [-0.1, -0.05) is 12.8 Å². The van der Waals surface area contributed by atoms with E-state index in [0.29, 0.717) is 0 Å². The lowest BCUT2D eigenvalue weighted by Gasteiger charge is -2.35. The first-order chi connectivity index (χ1) is 8.38. The molecule has 1 unspecified atom stereocenters. The highest BCUT2D eigenvalue weighted by Gasteiger charge is 2.21. The van der Waals surface area contributed by atoms with Crippen LogP contribution in [-0.2, 0) is 0 Å². The van der Waals surface area contributed by atoms with Crippen LogP contribution >= 0.6 is 0 Å². The Hall–Kier alpha value is -0.120. The maximum atomic E-state index is 5.66. The number of piperidine rings is 1. The molecule has 0 amide bonds. The van der Waals surface area contributed by atoms with Gasteiger partial charge < -0.3 is 15.5 Å². The van der Waals surface area contributed by atoms with Crippen LogP contribution in [0.25, 0.3) is 0 Å². The van der Waals surface area contributed by atoms with Gasteiger partial charge in [0.25, 0.3) is 0 Å². The molecule has 2 fully saturated rings. The van der Waals surface area contributed by atoms with Crippen molar-refractivity contribution in [1.29, 1.82) is 0 Å². The van der Waals surface area contributed by atoms with Crippen LogP contribution in [-0.4, -0.2) is 55.6 Å². The smallest absolute Gasteiger partial charge is 0.0105 e. The van der Waals surface area contributed by atoms with Gasteiger partial charge in [0.15, 0.2) is 0 Å². The molecule has 3 heteroatoms. The molecular formula is C14H29N3. The van der Waals surface area contributed by atoms with Crippen LogP contribution in [0.5, 0.6) is 0 Å². The van der Waals surface area contributed by atoms with E-state index in [0.717, 1.165) is 19.0 Å². The van der Waals surface area contributed by atoms with E-state index in [1.54, 1.807) is 0 Å². The van der Waals surface area contributed by atoms with E-state index in [1.165, 1.54) is 71.2 Å². The Morgan fingerprint density at radius 3 is 2.29 bits per heavy atom. The molecule has 0 bridgehead atoms. The molecule has 0 aromatic heterocycles. The standard InChI is InChI=1S/C14H29N3/c15-7-11-17-10-5-6-14(13-17)12-16-8-3-1-2-4-9-16/h14H,1-13,15H2. The molecular weight excluding hydrogens is 210 g/mol. The van der Waals surface area contributed by atoms with Crippen molar-refractivity contribution >= 4 is 0 Å². The summed E-state index contributed by atoms with van der Waals surface area (Å²) in [7, 11) is 0. The zero-order valence-corrected chi connectivity index (χ0v) is 11.2. The summed E-state index contributed by atoms with van der Waals surface area (Å²) in [6, 6.07) is 0. The quantitative estimate of drug-likeness (QED) is 0.807. The topological polar surface area (TPSA) is 32.5 Å². The van der Waals surface area contributed by atoms with Gasteiger partial charge in [-0.15, -0.1) is 0 Å². The van der Waals surface area contributed by atoms with Crippen LogP contribution in [0.3, 0.4) is 0 Å². The Morgan fingerprint density at radius 1 is 0.882 bits per heavy atom. The zero-order chi connectivity index (χ0) is 11.9. The third-order valence-electron chi connectivity index (χ3n) is 4.26. The number of nitrogens with zero attached hydrogens (tertiary/aromatic N) is 2. The minimum atomic E-state index is 0.816. The second-order valence-corrected chi connectivity index (χ2v) is 5.81. The van der Waals surface area contributed by atoms with Crippen molar-refractivity contribution in [3.05, 3.63) is 0 Å². The normalized spacial score (nSPS) is 29.1. The average molecular weight is 239 g/mol. The Labute approximate surface area is 106 Å². The molecule has 2 saturated heterocycles. The van der Waals surface area contributed by atoms with Crippen molar-refractivity contribution < 1.29 is 0 Å².